The predicted octanol–water partition coefficient (Wildman–Crippen LogP) is 5.04. The molecule has 1 aliphatic carbocycles. The van der Waals surface area contributed by atoms with Gasteiger partial charge in [-0.2, -0.15) is 9.61 Å². The van der Waals surface area contributed by atoms with Gasteiger partial charge in [0.2, 0.25) is 0 Å². The molecular formula is C24H26ClF2N5O. The number of benzene rings is 1. The van der Waals surface area contributed by atoms with Crippen LogP contribution in [0.5, 0.6) is 0 Å². The SMILES string of the molecule is CCCN(c1cc(-c2cc(F)c(Cl)c(F)c2)nc2cc(C(=O)N3C[C@H]4C[C@H]4C3)nn12)C(C)C. The molecule has 6 nitrogen and oxygen atoms in total. The minimum absolute atomic E-state index is 0.102. The van der Waals surface area contributed by atoms with E-state index in [-0.39, 0.29) is 17.5 Å². The van der Waals surface area contributed by atoms with E-state index in [1.165, 1.54) is 18.6 Å². The molecule has 1 saturated heterocycles. The number of rotatable bonds is 6. The maximum atomic E-state index is 14.2. The van der Waals surface area contributed by atoms with E-state index in [0.29, 0.717) is 34.7 Å². The zero-order valence-electron chi connectivity index (χ0n) is 18.9. The summed E-state index contributed by atoms with van der Waals surface area (Å²) < 4.78 is 30.0. The van der Waals surface area contributed by atoms with Crippen LogP contribution in [0.4, 0.5) is 14.6 Å². The first-order chi connectivity index (χ1) is 15.8. The van der Waals surface area contributed by atoms with Gasteiger partial charge in [0.25, 0.3) is 5.91 Å². The molecule has 1 aliphatic heterocycles. The number of hydrogen-bond donors (Lipinski definition) is 0. The Morgan fingerprint density at radius 2 is 1.85 bits per heavy atom. The summed E-state index contributed by atoms with van der Waals surface area (Å²) in [5.41, 5.74) is 1.44. The van der Waals surface area contributed by atoms with Crippen molar-refractivity contribution >= 4 is 29.0 Å². The number of halogens is 3. The van der Waals surface area contributed by atoms with E-state index in [1.54, 1.807) is 16.6 Å². The summed E-state index contributed by atoms with van der Waals surface area (Å²) in [4.78, 5) is 21.7. The van der Waals surface area contributed by atoms with Crippen LogP contribution in [0.15, 0.2) is 24.3 Å². The van der Waals surface area contributed by atoms with Gasteiger partial charge in [0, 0.05) is 43.4 Å². The van der Waals surface area contributed by atoms with Crippen LogP contribution in [0.2, 0.25) is 5.02 Å². The molecule has 1 amide bonds. The molecule has 0 unspecified atom stereocenters. The molecule has 2 fully saturated rings. The standard InChI is InChI=1S/C24H26ClF2N5O/c1-4-5-31(13(2)3)22-10-19(14-7-17(26)23(25)18(27)8-14)28-21-9-20(29-32(21)22)24(33)30-11-15-6-16(15)12-30/h7-10,13,15-16H,4-6,11-12H2,1-3H3/t15-,16+. The second-order valence-electron chi connectivity index (χ2n) is 9.31. The number of aromatic nitrogens is 3. The van der Waals surface area contributed by atoms with Gasteiger partial charge in [-0.15, -0.1) is 0 Å². The van der Waals surface area contributed by atoms with E-state index >= 15 is 0 Å². The third-order valence-corrected chi connectivity index (χ3v) is 6.92. The van der Waals surface area contributed by atoms with Gasteiger partial charge in [-0.1, -0.05) is 18.5 Å². The van der Waals surface area contributed by atoms with Crippen molar-refractivity contribution in [2.45, 2.75) is 39.7 Å². The highest BCUT2D eigenvalue weighted by atomic mass is 35.5. The fourth-order valence-corrected chi connectivity index (χ4v) is 4.83. The van der Waals surface area contributed by atoms with Crippen LogP contribution >= 0.6 is 11.6 Å². The van der Waals surface area contributed by atoms with E-state index in [0.717, 1.165) is 26.1 Å². The zero-order chi connectivity index (χ0) is 23.4. The van der Waals surface area contributed by atoms with Gasteiger partial charge in [0.15, 0.2) is 11.3 Å². The Morgan fingerprint density at radius 3 is 2.45 bits per heavy atom. The summed E-state index contributed by atoms with van der Waals surface area (Å²) in [5, 5.41) is 4.07. The van der Waals surface area contributed by atoms with Gasteiger partial charge in [0.1, 0.15) is 22.5 Å². The Labute approximate surface area is 196 Å². The summed E-state index contributed by atoms with van der Waals surface area (Å²) in [6.45, 7) is 8.51. The second-order valence-corrected chi connectivity index (χ2v) is 9.68. The molecule has 2 atom stereocenters. The van der Waals surface area contributed by atoms with Gasteiger partial charge < -0.3 is 9.80 Å². The van der Waals surface area contributed by atoms with Crippen LogP contribution in [0.25, 0.3) is 16.9 Å². The quantitative estimate of drug-likeness (QED) is 0.470. The van der Waals surface area contributed by atoms with Crippen molar-refractivity contribution in [3.05, 3.63) is 46.6 Å². The van der Waals surface area contributed by atoms with Gasteiger partial charge in [-0.3, -0.25) is 4.79 Å². The number of carbonyl (C=O) groups is 1. The van der Waals surface area contributed by atoms with Gasteiger partial charge in [0.05, 0.1) is 5.69 Å². The van der Waals surface area contributed by atoms with Crippen molar-refractivity contribution in [2.24, 2.45) is 11.8 Å². The average Bonchev–Trinajstić information content (AvgIpc) is 3.19. The fraction of sp³-hybridized carbons (Fsp3) is 0.458. The largest absolute Gasteiger partial charge is 0.354 e. The van der Waals surface area contributed by atoms with Crippen molar-refractivity contribution in [1.29, 1.82) is 0 Å². The third-order valence-electron chi connectivity index (χ3n) is 6.56. The minimum Gasteiger partial charge on any atom is -0.354 e. The number of nitrogens with zero attached hydrogens (tertiary/aromatic N) is 5. The summed E-state index contributed by atoms with van der Waals surface area (Å²) >= 11 is 5.68. The summed E-state index contributed by atoms with van der Waals surface area (Å²) in [5.74, 6) is 0.174. The molecule has 9 heteroatoms. The molecule has 5 rings (SSSR count). The first-order valence-electron chi connectivity index (χ1n) is 11.4. The predicted molar refractivity (Wildman–Crippen MR) is 124 cm³/mol. The van der Waals surface area contributed by atoms with E-state index in [1.807, 2.05) is 4.90 Å². The Bertz CT molecular complexity index is 1210. The first kappa shape index (κ1) is 22.1. The van der Waals surface area contributed by atoms with Crippen LogP contribution in [0, 0.1) is 23.5 Å². The first-order valence-corrected chi connectivity index (χ1v) is 11.8. The lowest BCUT2D eigenvalue weighted by atomic mass is 10.1. The Hall–Kier alpha value is -2.74. The van der Waals surface area contributed by atoms with E-state index in [9.17, 15) is 13.6 Å². The van der Waals surface area contributed by atoms with Crippen LogP contribution < -0.4 is 4.90 Å². The van der Waals surface area contributed by atoms with Gasteiger partial charge >= 0.3 is 0 Å². The number of likely N-dealkylation sites (tertiary alicyclic amines) is 1. The van der Waals surface area contributed by atoms with Crippen molar-refractivity contribution in [1.82, 2.24) is 19.5 Å². The molecule has 0 spiro atoms. The monoisotopic (exact) mass is 473 g/mol. The summed E-state index contributed by atoms with van der Waals surface area (Å²) in [6.07, 6.45) is 2.10. The molecule has 2 aromatic heterocycles. The molecule has 1 saturated carbocycles. The second kappa shape index (κ2) is 8.24. The van der Waals surface area contributed by atoms with Crippen molar-refractivity contribution in [3.8, 4) is 11.3 Å². The molecular weight excluding hydrogens is 448 g/mol. The molecule has 174 valence electrons. The summed E-state index contributed by atoms with van der Waals surface area (Å²) in [7, 11) is 0. The Kier molecular flexibility index (Phi) is 5.51. The molecule has 2 aliphatic rings. The molecule has 3 aromatic rings. The molecule has 0 bridgehead atoms. The van der Waals surface area contributed by atoms with Crippen LogP contribution in [-0.2, 0) is 0 Å². The summed E-state index contributed by atoms with van der Waals surface area (Å²) in [6, 6.07) is 5.90. The highest BCUT2D eigenvalue weighted by molar-refractivity contribution is 6.31. The van der Waals surface area contributed by atoms with Crippen molar-refractivity contribution in [3.63, 3.8) is 0 Å². The molecule has 0 N–H and O–H groups in total. The number of fused-ring (bicyclic) bond motifs is 2. The Morgan fingerprint density at radius 1 is 1.18 bits per heavy atom. The number of piperidine rings is 1. The average molecular weight is 474 g/mol. The molecule has 1 aromatic carbocycles. The molecule has 3 heterocycles. The number of anilines is 1. The maximum Gasteiger partial charge on any atom is 0.274 e. The van der Waals surface area contributed by atoms with E-state index in [4.69, 9.17) is 11.6 Å². The zero-order valence-corrected chi connectivity index (χ0v) is 19.6. The lowest BCUT2D eigenvalue weighted by Crippen LogP contribution is -2.33. The number of hydrogen-bond acceptors (Lipinski definition) is 4. The number of carbonyl (C=O) groups excluding carboxylic acids is 1. The fourth-order valence-electron chi connectivity index (χ4n) is 4.72. The molecule has 33 heavy (non-hydrogen) atoms. The lowest BCUT2D eigenvalue weighted by molar-refractivity contribution is 0.0769. The molecule has 0 radical (unpaired) electrons. The van der Waals surface area contributed by atoms with Gasteiger partial charge in [-0.25, -0.2) is 13.8 Å². The van der Waals surface area contributed by atoms with E-state index in [2.05, 4.69) is 35.8 Å². The lowest BCUT2D eigenvalue weighted by Gasteiger charge is -2.29. The highest BCUT2D eigenvalue weighted by Crippen LogP contribution is 2.45. The normalized spacial score (nSPS) is 19.4. The van der Waals surface area contributed by atoms with Crippen molar-refractivity contribution < 1.29 is 13.6 Å². The number of amides is 1. The van der Waals surface area contributed by atoms with Gasteiger partial charge in [-0.05, 0) is 50.7 Å². The topological polar surface area (TPSA) is 53.7 Å². The minimum atomic E-state index is -0.846. The van der Waals surface area contributed by atoms with Crippen LogP contribution in [-0.4, -0.2) is 51.1 Å². The maximum absolute atomic E-state index is 14.2. The third kappa shape index (κ3) is 3.94. The Balaban J connectivity index is 1.63. The van der Waals surface area contributed by atoms with Crippen molar-refractivity contribution in [2.75, 3.05) is 24.5 Å². The van der Waals surface area contributed by atoms with Crippen LogP contribution in [0.1, 0.15) is 44.1 Å². The highest BCUT2D eigenvalue weighted by Gasteiger charge is 2.47. The smallest absolute Gasteiger partial charge is 0.274 e. The van der Waals surface area contributed by atoms with Crippen LogP contribution in [0.3, 0.4) is 0 Å². The van der Waals surface area contributed by atoms with E-state index < -0.39 is 16.7 Å².